The minimum Gasteiger partial charge on any atom is -0.403 e. The van der Waals surface area contributed by atoms with E-state index in [1.165, 1.54) is 6.20 Å². The summed E-state index contributed by atoms with van der Waals surface area (Å²) in [6.45, 7) is 1.74. The Labute approximate surface area is 60.5 Å². The zero-order valence-electron chi connectivity index (χ0n) is 5.90. The van der Waals surface area contributed by atoms with Crippen molar-refractivity contribution in [1.29, 1.82) is 0 Å². The molecule has 0 amide bonds. The summed E-state index contributed by atoms with van der Waals surface area (Å²) >= 11 is 0. The zero-order chi connectivity index (χ0) is 8.78. The molecular weight excluding hydrogens is 156 g/mol. The highest BCUT2D eigenvalue weighted by atomic mass is 32.2. The van der Waals surface area contributed by atoms with E-state index in [1.54, 1.807) is 6.92 Å². The topological polar surface area (TPSA) is 106 Å². The minimum atomic E-state index is -3.67. The van der Waals surface area contributed by atoms with Crippen molar-refractivity contribution in [2.24, 2.45) is 11.5 Å². The van der Waals surface area contributed by atoms with Gasteiger partial charge in [0.15, 0.2) is 0 Å². The fraction of sp³-hybridized carbons (Fsp3) is 0.500. The Bertz CT molecular complexity index is 183. The number of nitrogens with two attached hydrogens (primary N) is 2. The van der Waals surface area contributed by atoms with Gasteiger partial charge in [0.2, 0.25) is 0 Å². The summed E-state index contributed by atoms with van der Waals surface area (Å²) in [5.41, 5.74) is 10.6. The Morgan fingerprint density at radius 2 is 1.70 bits per heavy atom. The van der Waals surface area contributed by atoms with Gasteiger partial charge in [-0.3, -0.25) is 4.55 Å². The first kappa shape index (κ1) is 12.0. The normalized spacial score (nSPS) is 11.7. The standard InChI is InChI=1S/C3H8N2.CH4O3S/c1-3(5)2-4;1-5(2,3)4/h2H,4-5H2,1H3;1H3,(H,2,3,4). The second kappa shape index (κ2) is 5.07. The number of allylic oxidation sites excluding steroid dienone is 1. The van der Waals surface area contributed by atoms with Crippen LogP contribution in [0.15, 0.2) is 11.9 Å². The van der Waals surface area contributed by atoms with Crippen LogP contribution in [0.4, 0.5) is 0 Å². The van der Waals surface area contributed by atoms with Crippen molar-refractivity contribution in [3.63, 3.8) is 0 Å². The van der Waals surface area contributed by atoms with Crippen molar-refractivity contribution in [3.8, 4) is 0 Å². The summed E-state index contributed by atoms with van der Waals surface area (Å²) in [7, 11) is -3.67. The van der Waals surface area contributed by atoms with Crippen LogP contribution in [0, 0.1) is 0 Å². The first-order valence-corrected chi connectivity index (χ1v) is 4.18. The molecule has 0 aliphatic carbocycles. The fourth-order valence-electron chi connectivity index (χ4n) is 0. The predicted octanol–water partition coefficient (Wildman–Crippen LogP) is -0.731. The molecule has 0 aromatic carbocycles. The lowest BCUT2D eigenvalue weighted by Gasteiger charge is -1.76. The number of hydrogen-bond donors (Lipinski definition) is 3. The third kappa shape index (κ3) is 181. The number of hydrogen-bond acceptors (Lipinski definition) is 4. The van der Waals surface area contributed by atoms with Gasteiger partial charge in [-0.05, 0) is 6.92 Å². The third-order valence-corrected chi connectivity index (χ3v) is 0.263. The van der Waals surface area contributed by atoms with Crippen LogP contribution >= 0.6 is 0 Å². The van der Waals surface area contributed by atoms with Gasteiger partial charge >= 0.3 is 0 Å². The Balaban J connectivity index is 0. The summed E-state index contributed by atoms with van der Waals surface area (Å²) in [6.07, 6.45) is 2.08. The first-order chi connectivity index (χ1) is 4.27. The Morgan fingerprint density at radius 1 is 1.60 bits per heavy atom. The van der Waals surface area contributed by atoms with Crippen LogP contribution in [0.5, 0.6) is 0 Å². The van der Waals surface area contributed by atoms with E-state index in [1.807, 2.05) is 0 Å². The molecule has 0 aliphatic rings. The molecule has 62 valence electrons. The predicted molar refractivity (Wildman–Crippen MR) is 39.6 cm³/mol. The van der Waals surface area contributed by atoms with Gasteiger partial charge < -0.3 is 11.5 Å². The molecule has 0 spiro atoms. The molecule has 0 aliphatic heterocycles. The molecule has 5 nitrogen and oxygen atoms in total. The highest BCUT2D eigenvalue weighted by Crippen LogP contribution is 1.65. The van der Waals surface area contributed by atoms with Gasteiger partial charge in [-0.2, -0.15) is 8.42 Å². The summed E-state index contributed by atoms with van der Waals surface area (Å²) in [5, 5.41) is 0. The van der Waals surface area contributed by atoms with E-state index in [4.69, 9.17) is 16.0 Å². The van der Waals surface area contributed by atoms with E-state index in [2.05, 4.69) is 0 Å². The molecular formula is C4H12N2O3S. The van der Waals surface area contributed by atoms with Gasteiger partial charge in [0.05, 0.1) is 6.26 Å². The molecule has 10 heavy (non-hydrogen) atoms. The lowest BCUT2D eigenvalue weighted by Crippen LogP contribution is -1.93. The van der Waals surface area contributed by atoms with Crippen molar-refractivity contribution < 1.29 is 13.0 Å². The molecule has 0 bridgehead atoms. The van der Waals surface area contributed by atoms with E-state index < -0.39 is 10.1 Å². The summed E-state index contributed by atoms with van der Waals surface area (Å²) in [4.78, 5) is 0. The lowest BCUT2D eigenvalue weighted by molar-refractivity contribution is 0.490. The van der Waals surface area contributed by atoms with Crippen LogP contribution in [0.1, 0.15) is 6.92 Å². The van der Waals surface area contributed by atoms with Gasteiger partial charge in [-0.25, -0.2) is 0 Å². The summed E-state index contributed by atoms with van der Waals surface area (Å²) in [5.74, 6) is 0. The molecule has 6 heteroatoms. The van der Waals surface area contributed by atoms with Crippen molar-refractivity contribution in [3.05, 3.63) is 11.9 Å². The molecule has 0 radical (unpaired) electrons. The molecule has 0 saturated carbocycles. The SMILES string of the molecule is CC(N)=CN.CS(=O)(=O)O. The largest absolute Gasteiger partial charge is 0.403 e. The second-order valence-corrected chi connectivity index (χ2v) is 3.11. The van der Waals surface area contributed by atoms with E-state index in [0.29, 0.717) is 12.0 Å². The molecule has 0 rings (SSSR count). The fourth-order valence-corrected chi connectivity index (χ4v) is 0. The molecule has 0 heterocycles. The molecule has 0 atom stereocenters. The summed E-state index contributed by atoms with van der Waals surface area (Å²) < 4.78 is 25.9. The molecule has 0 saturated heterocycles. The Morgan fingerprint density at radius 3 is 1.70 bits per heavy atom. The minimum absolute atomic E-state index is 0.657. The lowest BCUT2D eigenvalue weighted by atomic mass is 10.6. The van der Waals surface area contributed by atoms with Crippen LogP contribution in [0.3, 0.4) is 0 Å². The highest BCUT2D eigenvalue weighted by molar-refractivity contribution is 7.85. The summed E-state index contributed by atoms with van der Waals surface area (Å²) in [6, 6.07) is 0. The average molecular weight is 168 g/mol. The molecule has 0 unspecified atom stereocenters. The average Bonchev–Trinajstić information content (AvgIpc) is 1.61. The van der Waals surface area contributed by atoms with Gasteiger partial charge in [0.1, 0.15) is 0 Å². The van der Waals surface area contributed by atoms with Gasteiger partial charge in [-0.1, -0.05) is 0 Å². The van der Waals surface area contributed by atoms with Crippen LogP contribution in [-0.2, 0) is 10.1 Å². The van der Waals surface area contributed by atoms with E-state index >= 15 is 0 Å². The first-order valence-electron chi connectivity index (χ1n) is 2.33. The van der Waals surface area contributed by atoms with Crippen molar-refractivity contribution in [1.82, 2.24) is 0 Å². The molecule has 0 fully saturated rings. The Hall–Kier alpha value is -0.750. The van der Waals surface area contributed by atoms with Crippen LogP contribution in [0.2, 0.25) is 0 Å². The highest BCUT2D eigenvalue weighted by Gasteiger charge is 1.81. The third-order valence-electron chi connectivity index (χ3n) is 0.263. The van der Waals surface area contributed by atoms with E-state index in [0.717, 1.165) is 0 Å². The second-order valence-electron chi connectivity index (χ2n) is 1.64. The smallest absolute Gasteiger partial charge is 0.261 e. The van der Waals surface area contributed by atoms with Crippen molar-refractivity contribution in [2.75, 3.05) is 6.26 Å². The van der Waals surface area contributed by atoms with Gasteiger partial charge in [0, 0.05) is 11.9 Å². The zero-order valence-corrected chi connectivity index (χ0v) is 6.72. The Kier molecular flexibility index (Phi) is 6.07. The molecule has 5 N–H and O–H groups in total. The maximum atomic E-state index is 9.19. The molecule has 0 aromatic rings. The quantitative estimate of drug-likeness (QED) is 0.413. The monoisotopic (exact) mass is 168 g/mol. The van der Waals surface area contributed by atoms with Crippen LogP contribution in [0.25, 0.3) is 0 Å². The number of rotatable bonds is 0. The maximum absolute atomic E-state index is 9.19. The van der Waals surface area contributed by atoms with E-state index in [9.17, 15) is 8.42 Å². The van der Waals surface area contributed by atoms with Crippen molar-refractivity contribution in [2.45, 2.75) is 6.92 Å². The molecule has 0 aromatic heterocycles. The van der Waals surface area contributed by atoms with Gasteiger partial charge in [0.25, 0.3) is 10.1 Å². The maximum Gasteiger partial charge on any atom is 0.261 e. The van der Waals surface area contributed by atoms with Crippen LogP contribution in [-0.4, -0.2) is 19.2 Å². The van der Waals surface area contributed by atoms with Crippen LogP contribution < -0.4 is 11.5 Å². The van der Waals surface area contributed by atoms with Gasteiger partial charge in [-0.15, -0.1) is 0 Å². The van der Waals surface area contributed by atoms with Crippen molar-refractivity contribution >= 4 is 10.1 Å². The van der Waals surface area contributed by atoms with E-state index in [-0.39, 0.29) is 0 Å².